The van der Waals surface area contributed by atoms with Crippen LogP contribution in [0.2, 0.25) is 5.02 Å². The molecule has 4 atom stereocenters. The largest absolute Gasteiger partial charge is 0.379 e. The van der Waals surface area contributed by atoms with Crippen LogP contribution in [-0.4, -0.2) is 61.5 Å². The number of fused-ring (bicyclic) bond motifs is 2. The van der Waals surface area contributed by atoms with Gasteiger partial charge in [0.1, 0.15) is 17.0 Å². The van der Waals surface area contributed by atoms with Crippen molar-refractivity contribution in [3.8, 4) is 0 Å². The van der Waals surface area contributed by atoms with Crippen LogP contribution in [0.15, 0.2) is 30.3 Å². The lowest BCUT2D eigenvalue weighted by Gasteiger charge is -2.39. The maximum absolute atomic E-state index is 15.9. The van der Waals surface area contributed by atoms with Crippen molar-refractivity contribution in [1.29, 1.82) is 0 Å². The number of carbonyl (C=O) groups is 2. The molecule has 6 nitrogen and oxygen atoms in total. The summed E-state index contributed by atoms with van der Waals surface area (Å²) in [7, 11) is 0. The molecule has 2 N–H and O–H groups in total. The van der Waals surface area contributed by atoms with E-state index in [4.69, 9.17) is 16.3 Å². The van der Waals surface area contributed by atoms with Crippen LogP contribution in [0.3, 0.4) is 0 Å². The Morgan fingerprint density at radius 1 is 1.16 bits per heavy atom. The number of hydrogen-bond acceptors (Lipinski definition) is 5. The molecule has 242 valence electrons. The van der Waals surface area contributed by atoms with E-state index in [1.54, 1.807) is 6.07 Å². The van der Waals surface area contributed by atoms with E-state index in [-0.39, 0.29) is 46.9 Å². The summed E-state index contributed by atoms with van der Waals surface area (Å²) in [6.45, 7) is 12.0. The first kappa shape index (κ1) is 34.4. The van der Waals surface area contributed by atoms with Crippen molar-refractivity contribution in [2.45, 2.75) is 84.2 Å². The molecule has 2 fully saturated rings. The molecule has 10 heteroatoms. The average molecular weight is 636 g/mol. The number of benzene rings is 2. The molecule has 44 heavy (non-hydrogen) atoms. The molecule has 3 aliphatic heterocycles. The fourth-order valence-corrected chi connectivity index (χ4v) is 7.98. The Hall–Kier alpha value is -2.46. The Morgan fingerprint density at radius 2 is 1.84 bits per heavy atom. The van der Waals surface area contributed by atoms with E-state index in [1.165, 1.54) is 12.1 Å². The number of hydrogen-bond donors (Lipinski definition) is 2. The third-order valence-electron chi connectivity index (χ3n) is 9.27. The summed E-state index contributed by atoms with van der Waals surface area (Å²) in [5, 5.41) is 6.10. The van der Waals surface area contributed by atoms with E-state index in [2.05, 4.69) is 43.2 Å². The molecule has 0 radical (unpaired) electrons. The number of halogens is 4. The van der Waals surface area contributed by atoms with Gasteiger partial charge in [0.05, 0.1) is 24.3 Å². The van der Waals surface area contributed by atoms with Gasteiger partial charge in [0, 0.05) is 43.2 Å². The van der Waals surface area contributed by atoms with Gasteiger partial charge >= 0.3 is 0 Å². The highest BCUT2D eigenvalue weighted by atomic mass is 35.5. The molecule has 2 aromatic carbocycles. The second kappa shape index (κ2) is 13.5. The monoisotopic (exact) mass is 635 g/mol. The number of Topliss-reactive ketones (excluding diaryl/α,β-unsaturated/α-hetero) is 1. The fourth-order valence-electron chi connectivity index (χ4n) is 7.80. The first-order valence-corrected chi connectivity index (χ1v) is 15.6. The Labute approximate surface area is 264 Å². The van der Waals surface area contributed by atoms with Gasteiger partial charge in [0.2, 0.25) is 5.91 Å². The smallest absolute Gasteiger partial charge is 0.237 e. The number of amides is 1. The van der Waals surface area contributed by atoms with Crippen molar-refractivity contribution < 1.29 is 27.5 Å². The van der Waals surface area contributed by atoms with Gasteiger partial charge in [0.25, 0.3) is 0 Å². The van der Waals surface area contributed by atoms with Gasteiger partial charge in [-0.2, -0.15) is 0 Å². The average Bonchev–Trinajstić information content (AvgIpc) is 3.40. The molecule has 3 heterocycles. The van der Waals surface area contributed by atoms with Crippen molar-refractivity contribution in [2.24, 2.45) is 11.3 Å². The quantitative estimate of drug-likeness (QED) is 0.299. The molecule has 0 aromatic heterocycles. The van der Waals surface area contributed by atoms with Crippen LogP contribution in [0, 0.1) is 28.8 Å². The highest BCUT2D eigenvalue weighted by Crippen LogP contribution is 2.57. The molecule has 1 amide bonds. The Morgan fingerprint density at radius 3 is 2.52 bits per heavy atom. The molecule has 0 unspecified atom stereocenters. The zero-order valence-electron chi connectivity index (χ0n) is 25.2. The number of nitrogens with one attached hydrogen (secondary N) is 2. The summed E-state index contributed by atoms with van der Waals surface area (Å²) in [6, 6.07) is 4.91. The Bertz CT molecular complexity index is 1380. The van der Waals surface area contributed by atoms with E-state index in [0.717, 1.165) is 31.6 Å². The number of nitrogens with zero attached hydrogens (tertiary/aromatic N) is 1. The van der Waals surface area contributed by atoms with E-state index >= 15 is 4.39 Å². The van der Waals surface area contributed by atoms with Crippen molar-refractivity contribution in [3.63, 3.8) is 0 Å². The summed E-state index contributed by atoms with van der Waals surface area (Å²) < 4.78 is 50.7. The zero-order chi connectivity index (χ0) is 31.1. The molecule has 2 aromatic rings. The first-order valence-electron chi connectivity index (χ1n) is 15.2. The lowest BCUT2D eigenvalue weighted by atomic mass is 9.61. The van der Waals surface area contributed by atoms with Crippen LogP contribution < -0.4 is 10.6 Å². The minimum Gasteiger partial charge on any atom is -0.379 e. The van der Waals surface area contributed by atoms with Crippen LogP contribution in [-0.2, 0) is 19.7 Å². The van der Waals surface area contributed by atoms with E-state index in [0.29, 0.717) is 38.5 Å². The maximum Gasteiger partial charge on any atom is 0.237 e. The van der Waals surface area contributed by atoms with E-state index in [9.17, 15) is 18.4 Å². The Balaban J connectivity index is 0.00000442. The lowest BCUT2D eigenvalue weighted by Crippen LogP contribution is -2.50. The highest BCUT2D eigenvalue weighted by molar-refractivity contribution is 6.30. The molecular weight excluding hydrogens is 591 g/mol. The molecule has 2 saturated heterocycles. The predicted molar refractivity (Wildman–Crippen MR) is 168 cm³/mol. The van der Waals surface area contributed by atoms with Crippen molar-refractivity contribution in [3.05, 3.63) is 63.9 Å². The topological polar surface area (TPSA) is 70.7 Å². The first-order chi connectivity index (χ1) is 20.3. The number of anilines is 1. The standard InChI is InChI=1S/C33H41ClF3N3O3.CH4/c1-19(2)17-32(3,4)18-27-33(21-15-23(35)24(36)16-25(21)38-31(33)42)28(20-7-5-8-22(34)29(20)37)30(39-27)26(41)9-6-10-40-11-13-43-14-12-40;/h5,7-8,15-16,19,27-28,30,39H,6,9-14,17-18H2,1-4H3,(H,38,42);1H4/t27-,28+,30+,33+;/m1./s1. The summed E-state index contributed by atoms with van der Waals surface area (Å²) in [5.41, 5.74) is -1.43. The van der Waals surface area contributed by atoms with Crippen molar-refractivity contribution >= 4 is 29.0 Å². The second-order valence-electron chi connectivity index (χ2n) is 13.4. The fraction of sp³-hybridized carbons (Fsp3) is 0.588. The third-order valence-corrected chi connectivity index (χ3v) is 9.56. The molecule has 0 saturated carbocycles. The number of morpholine rings is 1. The van der Waals surface area contributed by atoms with Crippen molar-refractivity contribution in [1.82, 2.24) is 10.2 Å². The highest BCUT2D eigenvalue weighted by Gasteiger charge is 2.66. The van der Waals surface area contributed by atoms with Crippen LogP contribution in [0.25, 0.3) is 0 Å². The van der Waals surface area contributed by atoms with Gasteiger partial charge < -0.3 is 15.4 Å². The van der Waals surface area contributed by atoms with E-state index in [1.807, 2.05) is 0 Å². The number of ether oxygens (including phenoxy) is 1. The van der Waals surface area contributed by atoms with Gasteiger partial charge in [-0.1, -0.05) is 58.9 Å². The lowest BCUT2D eigenvalue weighted by molar-refractivity contribution is -0.122. The van der Waals surface area contributed by atoms with Gasteiger partial charge in [-0.15, -0.1) is 0 Å². The summed E-state index contributed by atoms with van der Waals surface area (Å²) in [4.78, 5) is 30.6. The number of carbonyl (C=O) groups excluding carboxylic acids is 2. The van der Waals surface area contributed by atoms with Crippen LogP contribution >= 0.6 is 11.6 Å². The van der Waals surface area contributed by atoms with Crippen LogP contribution in [0.4, 0.5) is 18.9 Å². The minimum atomic E-state index is -1.59. The second-order valence-corrected chi connectivity index (χ2v) is 13.9. The molecule has 0 aliphatic carbocycles. The summed E-state index contributed by atoms with van der Waals surface area (Å²) >= 11 is 6.26. The maximum atomic E-state index is 15.9. The van der Waals surface area contributed by atoms with Crippen LogP contribution in [0.5, 0.6) is 0 Å². The predicted octanol–water partition coefficient (Wildman–Crippen LogP) is 6.85. The third kappa shape index (κ3) is 6.43. The zero-order valence-corrected chi connectivity index (χ0v) is 26.0. The Kier molecular flexibility index (Phi) is 10.6. The number of rotatable bonds is 10. The van der Waals surface area contributed by atoms with Gasteiger partial charge in [-0.05, 0) is 60.4 Å². The molecule has 1 spiro atoms. The van der Waals surface area contributed by atoms with Crippen LogP contribution in [0.1, 0.15) is 77.8 Å². The van der Waals surface area contributed by atoms with Gasteiger partial charge in [0.15, 0.2) is 11.6 Å². The SMILES string of the molecule is C.CC(C)CC(C)(C)C[C@H]1N[C@@H](C(=O)CCCN2CCOCC2)[C@H](c2cccc(Cl)c2F)[C@@]12C(=O)Nc1cc(F)c(F)cc12. The summed E-state index contributed by atoms with van der Waals surface area (Å²) in [6.07, 6.45) is 2.05. The van der Waals surface area contributed by atoms with Crippen molar-refractivity contribution in [2.75, 3.05) is 38.2 Å². The van der Waals surface area contributed by atoms with E-state index < -0.39 is 46.8 Å². The normalized spacial score (nSPS) is 25.3. The molecule has 0 bridgehead atoms. The van der Waals surface area contributed by atoms with Gasteiger partial charge in [-0.3, -0.25) is 14.5 Å². The van der Waals surface area contributed by atoms with Gasteiger partial charge in [-0.25, -0.2) is 13.2 Å². The number of ketones is 1. The minimum absolute atomic E-state index is 0. The molecule has 5 rings (SSSR count). The molecular formula is C34H45ClF3N3O3. The summed E-state index contributed by atoms with van der Waals surface area (Å²) in [5.74, 6) is -4.31. The molecule has 3 aliphatic rings.